The van der Waals surface area contributed by atoms with Gasteiger partial charge in [0.25, 0.3) is 0 Å². The van der Waals surface area contributed by atoms with E-state index in [2.05, 4.69) is 15.6 Å². The van der Waals surface area contributed by atoms with Crippen LogP contribution in [0, 0.1) is 11.6 Å². The molecule has 1 atom stereocenters. The summed E-state index contributed by atoms with van der Waals surface area (Å²) in [5, 5.41) is 6.59. The van der Waals surface area contributed by atoms with Crippen LogP contribution in [0.15, 0.2) is 53.5 Å². The Kier molecular flexibility index (Phi) is 7.62. The van der Waals surface area contributed by atoms with Crippen LogP contribution in [-0.2, 0) is 6.54 Å². The van der Waals surface area contributed by atoms with Gasteiger partial charge in [-0.25, -0.2) is 8.78 Å². The molecule has 1 aliphatic rings. The number of hydrogen-bond donors (Lipinski definition) is 2. The van der Waals surface area contributed by atoms with Gasteiger partial charge in [-0.15, -0.1) is 24.0 Å². The summed E-state index contributed by atoms with van der Waals surface area (Å²) in [6.45, 7) is 1.80. The van der Waals surface area contributed by atoms with Crippen molar-refractivity contribution in [2.75, 3.05) is 25.0 Å². The van der Waals surface area contributed by atoms with E-state index in [0.717, 1.165) is 12.0 Å². The molecule has 0 aliphatic carbocycles. The number of benzene rings is 2. The molecule has 26 heavy (non-hydrogen) atoms. The summed E-state index contributed by atoms with van der Waals surface area (Å²) in [6, 6.07) is 14.1. The van der Waals surface area contributed by atoms with Gasteiger partial charge in [0.05, 0.1) is 0 Å². The lowest BCUT2D eigenvalue weighted by Gasteiger charge is -2.21. The van der Waals surface area contributed by atoms with Gasteiger partial charge in [0.15, 0.2) is 5.96 Å². The summed E-state index contributed by atoms with van der Waals surface area (Å²) in [5.74, 6) is -0.357. The molecule has 140 valence electrons. The van der Waals surface area contributed by atoms with Gasteiger partial charge in [-0.1, -0.05) is 36.4 Å². The Morgan fingerprint density at radius 1 is 1.12 bits per heavy atom. The Morgan fingerprint density at radius 2 is 1.81 bits per heavy atom. The number of hydrogen-bond acceptors (Lipinski definition) is 2. The van der Waals surface area contributed by atoms with Crippen LogP contribution in [0.1, 0.15) is 12.0 Å². The Bertz CT molecular complexity index is 719. The van der Waals surface area contributed by atoms with E-state index in [4.69, 9.17) is 0 Å². The summed E-state index contributed by atoms with van der Waals surface area (Å²) in [7, 11) is 1.71. The fraction of sp³-hybridized carbons (Fsp3) is 0.316. The van der Waals surface area contributed by atoms with E-state index in [1.54, 1.807) is 11.9 Å². The predicted molar refractivity (Wildman–Crippen MR) is 112 cm³/mol. The highest BCUT2D eigenvalue weighted by atomic mass is 127. The largest absolute Gasteiger partial charge is 0.365 e. The van der Waals surface area contributed by atoms with Gasteiger partial charge in [-0.3, -0.25) is 4.99 Å². The average Bonchev–Trinajstić information content (AvgIpc) is 3.07. The molecule has 2 N–H and O–H groups in total. The quantitative estimate of drug-likeness (QED) is 0.407. The van der Waals surface area contributed by atoms with Gasteiger partial charge in [0.1, 0.15) is 17.3 Å². The zero-order valence-electron chi connectivity index (χ0n) is 14.6. The van der Waals surface area contributed by atoms with Crippen LogP contribution >= 0.6 is 24.0 Å². The van der Waals surface area contributed by atoms with Crippen molar-refractivity contribution in [1.29, 1.82) is 0 Å². The van der Waals surface area contributed by atoms with Crippen LogP contribution in [0.25, 0.3) is 0 Å². The van der Waals surface area contributed by atoms with E-state index < -0.39 is 11.6 Å². The second-order valence-corrected chi connectivity index (χ2v) is 6.06. The second kappa shape index (κ2) is 9.70. The molecule has 0 spiro atoms. The van der Waals surface area contributed by atoms with Crippen molar-refractivity contribution in [3.05, 3.63) is 65.7 Å². The summed E-state index contributed by atoms with van der Waals surface area (Å²) in [6.07, 6.45) is 0.791. The van der Waals surface area contributed by atoms with Gasteiger partial charge in [0, 0.05) is 32.7 Å². The van der Waals surface area contributed by atoms with E-state index in [-0.39, 0.29) is 35.7 Å². The molecule has 0 saturated carbocycles. The Labute approximate surface area is 169 Å². The Hall–Kier alpha value is -1.90. The first-order valence-electron chi connectivity index (χ1n) is 8.37. The number of nitrogens with one attached hydrogen (secondary N) is 2. The standard InChI is InChI=1S/C19H22F2N4.HI/c1-22-19(23-12-14-6-3-2-4-7-14)24-15-10-11-25(13-15)18-16(20)8-5-9-17(18)21;/h2-9,15H,10-13H2,1H3,(H2,22,23,24);1H. The number of nitrogens with zero attached hydrogens (tertiary/aromatic N) is 2. The van der Waals surface area contributed by atoms with Crippen molar-refractivity contribution in [1.82, 2.24) is 10.6 Å². The molecule has 1 unspecified atom stereocenters. The smallest absolute Gasteiger partial charge is 0.191 e. The Morgan fingerprint density at radius 3 is 2.46 bits per heavy atom. The summed E-state index contributed by atoms with van der Waals surface area (Å²) < 4.78 is 27.9. The van der Waals surface area contributed by atoms with Gasteiger partial charge in [-0.2, -0.15) is 0 Å². The van der Waals surface area contributed by atoms with Crippen LogP contribution in [0.2, 0.25) is 0 Å². The van der Waals surface area contributed by atoms with Crippen LogP contribution in [0.5, 0.6) is 0 Å². The molecule has 4 nitrogen and oxygen atoms in total. The van der Waals surface area contributed by atoms with Crippen molar-refractivity contribution in [3.8, 4) is 0 Å². The molecule has 7 heteroatoms. The number of aliphatic imine (C=N–C) groups is 1. The molecule has 0 bridgehead atoms. The maximum absolute atomic E-state index is 13.9. The molecule has 0 radical (unpaired) electrons. The molecule has 2 aromatic carbocycles. The first kappa shape index (κ1) is 20.4. The summed E-state index contributed by atoms with van der Waals surface area (Å²) >= 11 is 0. The first-order chi connectivity index (χ1) is 12.2. The number of rotatable bonds is 4. The minimum absolute atomic E-state index is 0. The maximum Gasteiger partial charge on any atom is 0.191 e. The number of anilines is 1. The van der Waals surface area contributed by atoms with Crippen molar-refractivity contribution in [3.63, 3.8) is 0 Å². The number of para-hydroxylation sites is 1. The third kappa shape index (κ3) is 5.06. The highest BCUT2D eigenvalue weighted by molar-refractivity contribution is 14.0. The van der Waals surface area contributed by atoms with Crippen molar-refractivity contribution < 1.29 is 8.78 Å². The van der Waals surface area contributed by atoms with Crippen LogP contribution in [0.3, 0.4) is 0 Å². The van der Waals surface area contributed by atoms with E-state index in [0.29, 0.717) is 25.6 Å². The van der Waals surface area contributed by atoms with Crippen LogP contribution in [0.4, 0.5) is 14.5 Å². The predicted octanol–water partition coefficient (Wildman–Crippen LogP) is 3.53. The number of halogens is 3. The van der Waals surface area contributed by atoms with E-state index in [1.807, 2.05) is 30.3 Å². The molecule has 1 fully saturated rings. The third-order valence-electron chi connectivity index (χ3n) is 4.31. The molecular formula is C19H23F2IN4. The molecular weight excluding hydrogens is 449 g/mol. The highest BCUT2D eigenvalue weighted by Gasteiger charge is 2.27. The Balaban J connectivity index is 0.00000243. The number of guanidine groups is 1. The molecule has 0 aromatic heterocycles. The SMILES string of the molecule is CN=C(NCc1ccccc1)NC1CCN(c2c(F)cccc2F)C1.I. The van der Waals surface area contributed by atoms with Crippen molar-refractivity contribution in [2.24, 2.45) is 4.99 Å². The summed E-state index contributed by atoms with van der Waals surface area (Å²) in [5.41, 5.74) is 1.21. The minimum atomic E-state index is -0.521. The van der Waals surface area contributed by atoms with Gasteiger partial charge < -0.3 is 15.5 Å². The van der Waals surface area contributed by atoms with E-state index in [9.17, 15) is 8.78 Å². The monoisotopic (exact) mass is 472 g/mol. The first-order valence-corrected chi connectivity index (χ1v) is 8.37. The van der Waals surface area contributed by atoms with Crippen molar-refractivity contribution in [2.45, 2.75) is 19.0 Å². The molecule has 1 aliphatic heterocycles. The zero-order valence-corrected chi connectivity index (χ0v) is 16.9. The van der Waals surface area contributed by atoms with Crippen molar-refractivity contribution >= 4 is 35.6 Å². The summed E-state index contributed by atoms with van der Waals surface area (Å²) in [4.78, 5) is 5.97. The van der Waals surface area contributed by atoms with Gasteiger partial charge >= 0.3 is 0 Å². The zero-order chi connectivity index (χ0) is 17.6. The van der Waals surface area contributed by atoms with Crippen LogP contribution in [-0.4, -0.2) is 32.1 Å². The molecule has 0 amide bonds. The molecule has 3 rings (SSSR count). The fourth-order valence-electron chi connectivity index (χ4n) is 3.04. The lowest BCUT2D eigenvalue weighted by molar-refractivity contribution is 0.576. The normalized spacial score (nSPS) is 17.0. The van der Waals surface area contributed by atoms with Gasteiger partial charge in [-0.05, 0) is 24.1 Å². The van der Waals surface area contributed by atoms with Crippen LogP contribution < -0.4 is 15.5 Å². The lowest BCUT2D eigenvalue weighted by Crippen LogP contribution is -2.44. The van der Waals surface area contributed by atoms with E-state index in [1.165, 1.54) is 18.2 Å². The van der Waals surface area contributed by atoms with E-state index >= 15 is 0 Å². The third-order valence-corrected chi connectivity index (χ3v) is 4.31. The molecule has 1 heterocycles. The lowest BCUT2D eigenvalue weighted by atomic mass is 10.2. The topological polar surface area (TPSA) is 39.7 Å². The second-order valence-electron chi connectivity index (χ2n) is 6.06. The molecule has 1 saturated heterocycles. The maximum atomic E-state index is 13.9. The molecule has 2 aromatic rings. The van der Waals surface area contributed by atoms with Gasteiger partial charge in [0.2, 0.25) is 0 Å². The minimum Gasteiger partial charge on any atom is -0.365 e. The average molecular weight is 472 g/mol. The fourth-order valence-corrected chi connectivity index (χ4v) is 3.04. The highest BCUT2D eigenvalue weighted by Crippen LogP contribution is 2.26.